The molecule has 0 spiro atoms. The number of carbonyl (C=O) groups is 1. The number of amides is 1. The second kappa shape index (κ2) is 11.8. The molecule has 1 amide bonds. The molecule has 0 aromatic heterocycles. The molecule has 1 fully saturated rings. The zero-order chi connectivity index (χ0) is 17.2. The summed E-state index contributed by atoms with van der Waals surface area (Å²) < 4.78 is 10.9. The number of carbonyl (C=O) groups excluding carboxylic acids is 1. The fraction of sp³-hybridized carbons (Fsp3) is 0.526. The van der Waals surface area contributed by atoms with Gasteiger partial charge in [-0.1, -0.05) is 18.2 Å². The lowest BCUT2D eigenvalue weighted by Gasteiger charge is -2.22. The highest BCUT2D eigenvalue weighted by molar-refractivity contribution is 5.85. The van der Waals surface area contributed by atoms with Crippen LogP contribution in [0.1, 0.15) is 31.7 Å². The molecule has 1 heterocycles. The van der Waals surface area contributed by atoms with Gasteiger partial charge in [0.25, 0.3) is 5.91 Å². The van der Waals surface area contributed by atoms with Gasteiger partial charge in [0.15, 0.2) is 18.1 Å². The molecule has 1 atom stereocenters. The molecule has 1 aliphatic rings. The van der Waals surface area contributed by atoms with E-state index < -0.39 is 0 Å². The Kier molecular flexibility index (Phi) is 10.0. The van der Waals surface area contributed by atoms with E-state index in [-0.39, 0.29) is 24.9 Å². The molecule has 1 unspecified atom stereocenters. The van der Waals surface area contributed by atoms with E-state index in [9.17, 15) is 4.79 Å². The molecule has 2 N–H and O–H groups in total. The van der Waals surface area contributed by atoms with Crippen molar-refractivity contribution in [2.24, 2.45) is 5.92 Å². The van der Waals surface area contributed by atoms with Crippen molar-refractivity contribution in [3.8, 4) is 11.5 Å². The molecule has 0 radical (unpaired) electrons. The number of rotatable bonds is 8. The maximum absolute atomic E-state index is 11.9. The van der Waals surface area contributed by atoms with Crippen molar-refractivity contribution in [1.29, 1.82) is 0 Å². The number of nitrogens with one attached hydrogen (secondary N) is 2. The van der Waals surface area contributed by atoms with Crippen LogP contribution in [0.15, 0.2) is 24.3 Å². The SMILES string of the molecule is C/C=C/c1ccc(OCC(=O)NCCC2CCCNC2)c(OC)c1.Cl. The van der Waals surface area contributed by atoms with Gasteiger partial charge >= 0.3 is 0 Å². The van der Waals surface area contributed by atoms with Crippen LogP contribution in [0.4, 0.5) is 0 Å². The van der Waals surface area contributed by atoms with E-state index >= 15 is 0 Å². The zero-order valence-corrected chi connectivity index (χ0v) is 15.9. The number of hydrogen-bond acceptors (Lipinski definition) is 4. The Bertz CT molecular complexity index is 558. The number of methoxy groups -OCH3 is 1. The minimum Gasteiger partial charge on any atom is -0.493 e. The third-order valence-electron chi connectivity index (χ3n) is 4.18. The highest BCUT2D eigenvalue weighted by Gasteiger charge is 2.13. The lowest BCUT2D eigenvalue weighted by Crippen LogP contribution is -2.34. The molecule has 1 aromatic rings. The molecule has 0 saturated carbocycles. The largest absolute Gasteiger partial charge is 0.493 e. The van der Waals surface area contributed by atoms with Gasteiger partial charge in [0.2, 0.25) is 0 Å². The van der Waals surface area contributed by atoms with Crippen molar-refractivity contribution in [2.45, 2.75) is 26.2 Å². The first-order chi connectivity index (χ1) is 11.7. The number of piperidine rings is 1. The summed E-state index contributed by atoms with van der Waals surface area (Å²) >= 11 is 0. The smallest absolute Gasteiger partial charge is 0.257 e. The number of halogens is 1. The van der Waals surface area contributed by atoms with Crippen LogP contribution in [0.3, 0.4) is 0 Å². The van der Waals surface area contributed by atoms with Gasteiger partial charge in [-0.3, -0.25) is 4.79 Å². The molecule has 1 saturated heterocycles. The summed E-state index contributed by atoms with van der Waals surface area (Å²) in [6, 6.07) is 5.66. The van der Waals surface area contributed by atoms with Gasteiger partial charge in [0.05, 0.1) is 7.11 Å². The molecule has 1 aromatic carbocycles. The lowest BCUT2D eigenvalue weighted by molar-refractivity contribution is -0.123. The molecule has 6 heteroatoms. The molecule has 1 aliphatic heterocycles. The summed E-state index contributed by atoms with van der Waals surface area (Å²) in [4.78, 5) is 11.9. The molecular weight excluding hydrogens is 340 g/mol. The molecule has 140 valence electrons. The van der Waals surface area contributed by atoms with Crippen LogP contribution in [0.2, 0.25) is 0 Å². The average Bonchev–Trinajstić information content (AvgIpc) is 2.61. The third-order valence-corrected chi connectivity index (χ3v) is 4.18. The van der Waals surface area contributed by atoms with Crippen molar-refractivity contribution in [3.63, 3.8) is 0 Å². The van der Waals surface area contributed by atoms with Crippen LogP contribution >= 0.6 is 12.4 Å². The second-order valence-electron chi connectivity index (χ2n) is 6.05. The van der Waals surface area contributed by atoms with Gasteiger partial charge in [0.1, 0.15) is 0 Å². The topological polar surface area (TPSA) is 59.6 Å². The lowest BCUT2D eigenvalue weighted by atomic mass is 9.96. The summed E-state index contributed by atoms with van der Waals surface area (Å²) in [6.45, 7) is 4.84. The Balaban J connectivity index is 0.00000312. The molecule has 25 heavy (non-hydrogen) atoms. The maximum Gasteiger partial charge on any atom is 0.257 e. The predicted octanol–water partition coefficient (Wildman–Crippen LogP) is 3.03. The first-order valence-corrected chi connectivity index (χ1v) is 8.64. The van der Waals surface area contributed by atoms with Crippen LogP contribution < -0.4 is 20.1 Å². The second-order valence-corrected chi connectivity index (χ2v) is 6.05. The maximum atomic E-state index is 11.9. The van der Waals surface area contributed by atoms with E-state index in [4.69, 9.17) is 9.47 Å². The minimum absolute atomic E-state index is 0. The number of ether oxygens (including phenoxy) is 2. The first kappa shape index (κ1) is 21.3. The minimum atomic E-state index is -0.0987. The molecule has 0 aliphatic carbocycles. The van der Waals surface area contributed by atoms with E-state index in [0.29, 0.717) is 24.0 Å². The van der Waals surface area contributed by atoms with E-state index in [1.807, 2.05) is 37.3 Å². The van der Waals surface area contributed by atoms with Crippen molar-refractivity contribution in [1.82, 2.24) is 10.6 Å². The number of hydrogen-bond donors (Lipinski definition) is 2. The molecule has 5 nitrogen and oxygen atoms in total. The molecule has 2 rings (SSSR count). The van der Waals surface area contributed by atoms with Crippen molar-refractivity contribution in [3.05, 3.63) is 29.8 Å². The van der Waals surface area contributed by atoms with Gasteiger partial charge in [-0.05, 0) is 62.9 Å². The highest BCUT2D eigenvalue weighted by atomic mass is 35.5. The van der Waals surface area contributed by atoms with Crippen molar-refractivity contribution >= 4 is 24.4 Å². The van der Waals surface area contributed by atoms with Gasteiger partial charge in [-0.15, -0.1) is 12.4 Å². The molecule has 0 bridgehead atoms. The summed E-state index contributed by atoms with van der Waals surface area (Å²) in [6.07, 6.45) is 7.43. The Morgan fingerprint density at radius 3 is 2.92 bits per heavy atom. The van der Waals surface area contributed by atoms with Crippen LogP contribution in [-0.2, 0) is 4.79 Å². The Hall–Kier alpha value is -1.72. The van der Waals surface area contributed by atoms with Crippen molar-refractivity contribution < 1.29 is 14.3 Å². The standard InChI is InChI=1S/C19H28N2O3.ClH/c1-3-5-15-7-8-17(18(12-15)23-2)24-14-19(22)21-11-9-16-6-4-10-20-13-16;/h3,5,7-8,12,16,20H,4,6,9-11,13-14H2,1-2H3,(H,21,22);1H/b5-3+;. The van der Waals surface area contributed by atoms with E-state index in [1.165, 1.54) is 12.8 Å². The average molecular weight is 369 g/mol. The Morgan fingerprint density at radius 2 is 2.24 bits per heavy atom. The molecular formula is C19H29ClN2O3. The summed E-state index contributed by atoms with van der Waals surface area (Å²) in [5.74, 6) is 1.78. The summed E-state index contributed by atoms with van der Waals surface area (Å²) in [5, 5.41) is 6.32. The monoisotopic (exact) mass is 368 g/mol. The summed E-state index contributed by atoms with van der Waals surface area (Å²) in [7, 11) is 1.60. The van der Waals surface area contributed by atoms with Gasteiger partial charge in [-0.25, -0.2) is 0 Å². The highest BCUT2D eigenvalue weighted by Crippen LogP contribution is 2.28. The van der Waals surface area contributed by atoms with E-state index in [1.54, 1.807) is 7.11 Å². The van der Waals surface area contributed by atoms with E-state index in [0.717, 1.165) is 25.1 Å². The van der Waals surface area contributed by atoms with Gasteiger partial charge in [-0.2, -0.15) is 0 Å². The first-order valence-electron chi connectivity index (χ1n) is 8.64. The predicted molar refractivity (Wildman–Crippen MR) is 104 cm³/mol. The van der Waals surface area contributed by atoms with Crippen LogP contribution in [0.5, 0.6) is 11.5 Å². The van der Waals surface area contributed by atoms with E-state index in [2.05, 4.69) is 10.6 Å². The van der Waals surface area contributed by atoms with Crippen LogP contribution in [0, 0.1) is 5.92 Å². The Morgan fingerprint density at radius 1 is 1.40 bits per heavy atom. The van der Waals surface area contributed by atoms with Crippen LogP contribution in [0.25, 0.3) is 6.08 Å². The fourth-order valence-electron chi connectivity index (χ4n) is 2.88. The normalized spacial score (nSPS) is 17.0. The summed E-state index contributed by atoms with van der Waals surface area (Å²) in [5.41, 5.74) is 1.03. The van der Waals surface area contributed by atoms with Crippen molar-refractivity contribution in [2.75, 3.05) is 33.4 Å². The number of benzene rings is 1. The Labute approximate surface area is 156 Å². The van der Waals surface area contributed by atoms with Crippen LogP contribution in [-0.4, -0.2) is 39.3 Å². The quantitative estimate of drug-likeness (QED) is 0.740. The zero-order valence-electron chi connectivity index (χ0n) is 15.0. The van der Waals surface area contributed by atoms with Gasteiger partial charge < -0.3 is 20.1 Å². The third kappa shape index (κ3) is 7.36. The van der Waals surface area contributed by atoms with Gasteiger partial charge in [0, 0.05) is 6.54 Å². The number of allylic oxidation sites excluding steroid dienone is 1. The fourth-order valence-corrected chi connectivity index (χ4v) is 2.88.